The van der Waals surface area contributed by atoms with Gasteiger partial charge in [-0.1, -0.05) is 6.92 Å². The molecular weight excluding hydrogens is 196 g/mol. The first-order valence-corrected chi connectivity index (χ1v) is 5.50. The van der Waals surface area contributed by atoms with Gasteiger partial charge < -0.3 is 20.1 Å². The molecule has 0 radical (unpaired) electrons. The number of hydrogen-bond acceptors (Lipinski definition) is 4. The number of aliphatic hydroxyl groups is 3. The zero-order valence-corrected chi connectivity index (χ0v) is 9.94. The van der Waals surface area contributed by atoms with Gasteiger partial charge in [-0.2, -0.15) is 0 Å². The topological polar surface area (TPSA) is 69.9 Å². The van der Waals surface area contributed by atoms with Gasteiger partial charge in [0.25, 0.3) is 0 Å². The van der Waals surface area contributed by atoms with Crippen LogP contribution in [0, 0.1) is 5.92 Å². The van der Waals surface area contributed by atoms with Gasteiger partial charge in [-0.3, -0.25) is 0 Å². The quantitative estimate of drug-likeness (QED) is 0.618. The average Bonchev–Trinajstić information content (AvgIpc) is 2.45. The summed E-state index contributed by atoms with van der Waals surface area (Å²) in [5.41, 5.74) is 0. The molecule has 1 rings (SSSR count). The molecule has 4 heteroatoms. The summed E-state index contributed by atoms with van der Waals surface area (Å²) in [6, 6.07) is 0. The van der Waals surface area contributed by atoms with Crippen LogP contribution in [0.1, 0.15) is 40.0 Å². The first-order chi connectivity index (χ1) is 6.83. The Kier molecular flexibility index (Phi) is 7.09. The van der Waals surface area contributed by atoms with E-state index >= 15 is 0 Å². The minimum atomic E-state index is -1.50. The molecule has 1 aliphatic carbocycles. The fourth-order valence-corrected chi connectivity index (χ4v) is 1.53. The molecule has 0 heterocycles. The van der Waals surface area contributed by atoms with Crippen LogP contribution >= 0.6 is 0 Å². The van der Waals surface area contributed by atoms with Gasteiger partial charge >= 0.3 is 0 Å². The second kappa shape index (κ2) is 7.17. The first-order valence-electron chi connectivity index (χ1n) is 5.50. The van der Waals surface area contributed by atoms with Crippen molar-refractivity contribution in [1.82, 2.24) is 0 Å². The van der Waals surface area contributed by atoms with Crippen LogP contribution in [0.3, 0.4) is 0 Å². The lowest BCUT2D eigenvalue weighted by Gasteiger charge is -2.09. The highest BCUT2D eigenvalue weighted by Crippen LogP contribution is 2.26. The second-order valence-corrected chi connectivity index (χ2v) is 4.63. The molecule has 0 aliphatic heterocycles. The molecule has 0 spiro atoms. The van der Waals surface area contributed by atoms with E-state index in [1.165, 1.54) is 33.1 Å². The molecule has 1 saturated carbocycles. The summed E-state index contributed by atoms with van der Waals surface area (Å²) in [4.78, 5) is 0. The third-order valence-corrected chi connectivity index (χ3v) is 2.09. The Morgan fingerprint density at radius 3 is 2.13 bits per heavy atom. The molecule has 0 bridgehead atoms. The van der Waals surface area contributed by atoms with E-state index in [1.807, 2.05) is 0 Å². The van der Waals surface area contributed by atoms with E-state index in [1.54, 1.807) is 0 Å². The lowest BCUT2D eigenvalue weighted by molar-refractivity contribution is -0.127. The molecule has 1 fully saturated rings. The van der Waals surface area contributed by atoms with Gasteiger partial charge in [0.2, 0.25) is 0 Å². The molecule has 1 aliphatic rings. The normalized spacial score (nSPS) is 26.0. The maximum Gasteiger partial charge on any atom is 0.156 e. The van der Waals surface area contributed by atoms with Crippen molar-refractivity contribution in [2.75, 3.05) is 13.2 Å². The van der Waals surface area contributed by atoms with Crippen molar-refractivity contribution < 1.29 is 20.1 Å². The molecule has 4 nitrogen and oxygen atoms in total. The lowest BCUT2D eigenvalue weighted by Crippen LogP contribution is -2.15. The maximum atomic E-state index is 8.47. The van der Waals surface area contributed by atoms with E-state index < -0.39 is 5.79 Å². The average molecular weight is 220 g/mol. The molecule has 2 atom stereocenters. The zero-order valence-electron chi connectivity index (χ0n) is 9.94. The Morgan fingerprint density at radius 1 is 1.27 bits per heavy atom. The van der Waals surface area contributed by atoms with Crippen molar-refractivity contribution in [2.24, 2.45) is 5.92 Å². The van der Waals surface area contributed by atoms with Crippen molar-refractivity contribution in [3.8, 4) is 0 Å². The predicted octanol–water partition coefficient (Wildman–Crippen LogP) is 0.891. The van der Waals surface area contributed by atoms with Crippen LogP contribution in [-0.2, 0) is 4.74 Å². The van der Waals surface area contributed by atoms with Crippen molar-refractivity contribution in [3.05, 3.63) is 0 Å². The fourth-order valence-electron chi connectivity index (χ4n) is 1.53. The molecule has 0 saturated heterocycles. The summed E-state index contributed by atoms with van der Waals surface area (Å²) in [6.45, 7) is 5.52. The number of rotatable bonds is 3. The van der Waals surface area contributed by atoms with Crippen LogP contribution in [0.2, 0.25) is 0 Å². The van der Waals surface area contributed by atoms with Gasteiger partial charge in [-0.15, -0.1) is 0 Å². The van der Waals surface area contributed by atoms with Gasteiger partial charge in [0, 0.05) is 0 Å². The minimum Gasteiger partial charge on any atom is -0.394 e. The summed E-state index contributed by atoms with van der Waals surface area (Å²) in [5.74, 6) is -0.677. The smallest absolute Gasteiger partial charge is 0.156 e. The van der Waals surface area contributed by atoms with Crippen molar-refractivity contribution in [2.45, 2.75) is 51.9 Å². The highest BCUT2D eigenvalue weighted by atomic mass is 16.5. The van der Waals surface area contributed by atoms with Crippen LogP contribution in [0.4, 0.5) is 0 Å². The molecule has 0 amide bonds. The van der Waals surface area contributed by atoms with E-state index in [2.05, 4.69) is 6.92 Å². The molecule has 0 aromatic rings. The van der Waals surface area contributed by atoms with E-state index in [0.29, 0.717) is 12.7 Å². The van der Waals surface area contributed by atoms with Gasteiger partial charge in [0.05, 0.1) is 19.3 Å². The summed E-state index contributed by atoms with van der Waals surface area (Å²) in [5, 5.41) is 24.6. The van der Waals surface area contributed by atoms with Crippen LogP contribution in [-0.4, -0.2) is 40.4 Å². The first kappa shape index (κ1) is 14.8. The highest BCUT2D eigenvalue weighted by molar-refractivity contribution is 4.72. The molecular formula is C11H24O4. The molecule has 0 aromatic heterocycles. The Balaban J connectivity index is 0.000000336. The second-order valence-electron chi connectivity index (χ2n) is 4.63. The predicted molar refractivity (Wildman–Crippen MR) is 58.4 cm³/mol. The third kappa shape index (κ3) is 11.8. The van der Waals surface area contributed by atoms with Gasteiger partial charge in [-0.05, 0) is 39.0 Å². The van der Waals surface area contributed by atoms with Gasteiger partial charge in [-0.25, -0.2) is 0 Å². The van der Waals surface area contributed by atoms with E-state index in [4.69, 9.17) is 20.1 Å². The van der Waals surface area contributed by atoms with Crippen molar-refractivity contribution in [1.29, 1.82) is 0 Å². The number of aliphatic hydroxyl groups excluding tert-OH is 1. The molecule has 2 unspecified atom stereocenters. The number of hydrogen-bond donors (Lipinski definition) is 3. The highest BCUT2D eigenvalue weighted by Gasteiger charge is 2.21. The SMILES string of the molecule is CC(C)(O)O.CC1CCC(OCCO)C1. The van der Waals surface area contributed by atoms with Crippen molar-refractivity contribution in [3.63, 3.8) is 0 Å². The van der Waals surface area contributed by atoms with Crippen LogP contribution in [0.25, 0.3) is 0 Å². The van der Waals surface area contributed by atoms with Gasteiger partial charge in [0.15, 0.2) is 5.79 Å². The molecule has 92 valence electrons. The summed E-state index contributed by atoms with van der Waals surface area (Å²) in [7, 11) is 0. The summed E-state index contributed by atoms with van der Waals surface area (Å²) >= 11 is 0. The van der Waals surface area contributed by atoms with Crippen LogP contribution in [0.5, 0.6) is 0 Å². The lowest BCUT2D eigenvalue weighted by atomic mass is 10.1. The standard InChI is InChI=1S/C8H16O2.C3H8O2/c1-7-2-3-8(6-7)10-5-4-9;1-3(2,4)5/h7-9H,2-6H2,1H3;4-5H,1-2H3. The summed E-state index contributed by atoms with van der Waals surface area (Å²) in [6.07, 6.45) is 4.08. The monoisotopic (exact) mass is 220 g/mol. The maximum absolute atomic E-state index is 8.47. The Bertz CT molecular complexity index is 147. The van der Waals surface area contributed by atoms with Crippen molar-refractivity contribution >= 4 is 0 Å². The zero-order chi connectivity index (χ0) is 11.9. The summed E-state index contributed by atoms with van der Waals surface area (Å²) < 4.78 is 5.37. The minimum absolute atomic E-state index is 0.158. The largest absolute Gasteiger partial charge is 0.394 e. The Morgan fingerprint density at radius 2 is 1.80 bits per heavy atom. The molecule has 15 heavy (non-hydrogen) atoms. The van der Waals surface area contributed by atoms with Crippen LogP contribution in [0.15, 0.2) is 0 Å². The number of ether oxygens (including phenoxy) is 1. The Labute approximate surface area is 91.9 Å². The van der Waals surface area contributed by atoms with Crippen LogP contribution < -0.4 is 0 Å². The van der Waals surface area contributed by atoms with E-state index in [9.17, 15) is 0 Å². The Hall–Kier alpha value is -0.160. The fraction of sp³-hybridized carbons (Fsp3) is 1.00. The molecule has 0 aromatic carbocycles. The van der Waals surface area contributed by atoms with E-state index in [-0.39, 0.29) is 6.61 Å². The molecule has 3 N–H and O–H groups in total. The van der Waals surface area contributed by atoms with Gasteiger partial charge in [0.1, 0.15) is 0 Å². The third-order valence-electron chi connectivity index (χ3n) is 2.09. The van der Waals surface area contributed by atoms with E-state index in [0.717, 1.165) is 5.92 Å².